The van der Waals surface area contributed by atoms with E-state index in [2.05, 4.69) is 47.2 Å². The molecule has 1 atom stereocenters. The van der Waals surface area contributed by atoms with Gasteiger partial charge in [-0.3, -0.25) is 0 Å². The van der Waals surface area contributed by atoms with Gasteiger partial charge in [-0.2, -0.15) is 0 Å². The first-order valence-corrected chi connectivity index (χ1v) is 7.35. The van der Waals surface area contributed by atoms with Gasteiger partial charge in [0.2, 0.25) is 0 Å². The summed E-state index contributed by atoms with van der Waals surface area (Å²) in [6.45, 7) is 5.49. The molecule has 1 aromatic carbocycles. The molecule has 0 amide bonds. The molecule has 1 aromatic rings. The van der Waals surface area contributed by atoms with Crippen molar-refractivity contribution in [1.82, 2.24) is 5.32 Å². The van der Waals surface area contributed by atoms with Crippen LogP contribution >= 0.6 is 15.9 Å². The number of ether oxygens (including phenoxy) is 1. The first-order valence-electron chi connectivity index (χ1n) is 6.56. The lowest BCUT2D eigenvalue weighted by Crippen LogP contribution is -2.12. The van der Waals surface area contributed by atoms with Crippen molar-refractivity contribution in [1.29, 1.82) is 0 Å². The third kappa shape index (κ3) is 4.62. The SMILES string of the molecule is CNCCC(C)CCc1cc(Br)c(C)cc1OC. The highest BCUT2D eigenvalue weighted by atomic mass is 79.9. The third-order valence-corrected chi connectivity index (χ3v) is 4.21. The van der Waals surface area contributed by atoms with Crippen LogP contribution in [0.1, 0.15) is 30.9 Å². The molecule has 0 fully saturated rings. The van der Waals surface area contributed by atoms with Gasteiger partial charge in [0.05, 0.1) is 7.11 Å². The Balaban J connectivity index is 2.63. The van der Waals surface area contributed by atoms with E-state index in [-0.39, 0.29) is 0 Å². The molecule has 0 aromatic heterocycles. The molecule has 2 nitrogen and oxygen atoms in total. The average molecular weight is 314 g/mol. The van der Waals surface area contributed by atoms with E-state index in [1.807, 2.05) is 7.05 Å². The van der Waals surface area contributed by atoms with Crippen LogP contribution in [-0.4, -0.2) is 20.7 Å². The Morgan fingerprint density at radius 1 is 1.33 bits per heavy atom. The van der Waals surface area contributed by atoms with Crippen LogP contribution in [0.25, 0.3) is 0 Å². The molecule has 1 unspecified atom stereocenters. The standard InChI is InChI=1S/C15H24BrNO/c1-11(7-8-17-3)5-6-13-10-14(16)12(2)9-15(13)18-4/h9-11,17H,5-8H2,1-4H3. The molecule has 0 aliphatic rings. The second kappa shape index (κ2) is 7.80. The predicted molar refractivity (Wildman–Crippen MR) is 81.5 cm³/mol. The van der Waals surface area contributed by atoms with Crippen LogP contribution in [0.5, 0.6) is 5.75 Å². The van der Waals surface area contributed by atoms with Crippen molar-refractivity contribution >= 4 is 15.9 Å². The van der Waals surface area contributed by atoms with Crippen molar-refractivity contribution in [2.75, 3.05) is 20.7 Å². The van der Waals surface area contributed by atoms with Gasteiger partial charge >= 0.3 is 0 Å². The van der Waals surface area contributed by atoms with Crippen molar-refractivity contribution in [3.05, 3.63) is 27.7 Å². The highest BCUT2D eigenvalue weighted by Gasteiger charge is 2.09. The van der Waals surface area contributed by atoms with Crippen molar-refractivity contribution in [3.63, 3.8) is 0 Å². The van der Waals surface area contributed by atoms with Crippen LogP contribution in [0, 0.1) is 12.8 Å². The maximum Gasteiger partial charge on any atom is 0.122 e. The Kier molecular flexibility index (Phi) is 6.72. The summed E-state index contributed by atoms with van der Waals surface area (Å²) in [5, 5.41) is 3.20. The first kappa shape index (κ1) is 15.5. The zero-order chi connectivity index (χ0) is 13.5. The zero-order valence-electron chi connectivity index (χ0n) is 11.8. The molecule has 0 spiro atoms. The van der Waals surface area contributed by atoms with Gasteiger partial charge in [-0.05, 0) is 69.0 Å². The normalized spacial score (nSPS) is 12.5. The summed E-state index contributed by atoms with van der Waals surface area (Å²) >= 11 is 3.59. The number of hydrogen-bond donors (Lipinski definition) is 1. The van der Waals surface area contributed by atoms with E-state index in [0.717, 1.165) is 24.6 Å². The summed E-state index contributed by atoms with van der Waals surface area (Å²) in [6, 6.07) is 4.30. The second-order valence-corrected chi connectivity index (χ2v) is 5.80. The summed E-state index contributed by atoms with van der Waals surface area (Å²) in [4.78, 5) is 0. The van der Waals surface area contributed by atoms with E-state index in [4.69, 9.17) is 4.74 Å². The number of methoxy groups -OCH3 is 1. The van der Waals surface area contributed by atoms with Crippen LogP contribution in [-0.2, 0) is 6.42 Å². The molecule has 102 valence electrons. The fraction of sp³-hybridized carbons (Fsp3) is 0.600. The van der Waals surface area contributed by atoms with Gasteiger partial charge in [-0.15, -0.1) is 0 Å². The topological polar surface area (TPSA) is 21.3 Å². The fourth-order valence-corrected chi connectivity index (χ4v) is 2.41. The average Bonchev–Trinajstić information content (AvgIpc) is 2.37. The summed E-state index contributed by atoms with van der Waals surface area (Å²) in [6.07, 6.45) is 3.51. The molecular formula is C15H24BrNO. The molecule has 0 bridgehead atoms. The van der Waals surface area contributed by atoms with Crippen molar-refractivity contribution in [3.8, 4) is 5.75 Å². The Morgan fingerprint density at radius 3 is 2.67 bits per heavy atom. The summed E-state index contributed by atoms with van der Waals surface area (Å²) in [5.74, 6) is 1.75. The number of aryl methyl sites for hydroxylation is 2. The second-order valence-electron chi connectivity index (χ2n) is 4.95. The van der Waals surface area contributed by atoms with Crippen LogP contribution in [0.3, 0.4) is 0 Å². The molecule has 1 N–H and O–H groups in total. The number of rotatable bonds is 7. The highest BCUT2D eigenvalue weighted by Crippen LogP contribution is 2.28. The Labute approximate surface area is 119 Å². The van der Waals surface area contributed by atoms with Gasteiger partial charge in [0.25, 0.3) is 0 Å². The van der Waals surface area contributed by atoms with Gasteiger partial charge in [0.1, 0.15) is 5.75 Å². The van der Waals surface area contributed by atoms with Crippen molar-refractivity contribution in [2.24, 2.45) is 5.92 Å². The van der Waals surface area contributed by atoms with E-state index in [1.165, 1.54) is 28.4 Å². The zero-order valence-corrected chi connectivity index (χ0v) is 13.4. The lowest BCUT2D eigenvalue weighted by atomic mass is 9.97. The van der Waals surface area contributed by atoms with Gasteiger partial charge < -0.3 is 10.1 Å². The lowest BCUT2D eigenvalue weighted by molar-refractivity contribution is 0.405. The van der Waals surface area contributed by atoms with Crippen LogP contribution in [0.4, 0.5) is 0 Å². The van der Waals surface area contributed by atoms with Gasteiger partial charge in [-0.25, -0.2) is 0 Å². The molecule has 0 radical (unpaired) electrons. The minimum absolute atomic E-state index is 0.738. The first-order chi connectivity index (χ1) is 8.58. The maximum atomic E-state index is 5.46. The van der Waals surface area contributed by atoms with Crippen molar-refractivity contribution < 1.29 is 4.74 Å². The Hall–Kier alpha value is -0.540. The third-order valence-electron chi connectivity index (χ3n) is 3.36. The number of nitrogens with one attached hydrogen (secondary N) is 1. The molecule has 1 rings (SSSR count). The largest absolute Gasteiger partial charge is 0.496 e. The van der Waals surface area contributed by atoms with Crippen LogP contribution in [0.2, 0.25) is 0 Å². The molecule has 0 heterocycles. The van der Waals surface area contributed by atoms with E-state index in [9.17, 15) is 0 Å². The van der Waals surface area contributed by atoms with Crippen molar-refractivity contribution in [2.45, 2.75) is 33.1 Å². The lowest BCUT2D eigenvalue weighted by Gasteiger charge is -2.14. The minimum Gasteiger partial charge on any atom is -0.496 e. The fourth-order valence-electron chi connectivity index (χ4n) is 2.02. The molecule has 0 saturated carbocycles. The van der Waals surface area contributed by atoms with Gasteiger partial charge in [0, 0.05) is 4.47 Å². The quantitative estimate of drug-likeness (QED) is 0.823. The summed E-state index contributed by atoms with van der Waals surface area (Å²) in [7, 11) is 3.75. The number of halogens is 1. The Morgan fingerprint density at radius 2 is 2.06 bits per heavy atom. The summed E-state index contributed by atoms with van der Waals surface area (Å²) < 4.78 is 6.63. The van der Waals surface area contributed by atoms with Gasteiger partial charge in [-0.1, -0.05) is 22.9 Å². The number of benzene rings is 1. The molecule has 0 aliphatic carbocycles. The molecule has 0 aliphatic heterocycles. The minimum atomic E-state index is 0.738. The molecule has 0 saturated heterocycles. The van der Waals surface area contributed by atoms with E-state index in [1.54, 1.807) is 7.11 Å². The Bertz CT molecular complexity index is 379. The monoisotopic (exact) mass is 313 g/mol. The highest BCUT2D eigenvalue weighted by molar-refractivity contribution is 9.10. The predicted octanol–water partition coefficient (Wildman–Crippen LogP) is 3.94. The van der Waals surface area contributed by atoms with Crippen LogP contribution in [0.15, 0.2) is 16.6 Å². The van der Waals surface area contributed by atoms with Crippen LogP contribution < -0.4 is 10.1 Å². The van der Waals surface area contributed by atoms with E-state index in [0.29, 0.717) is 0 Å². The molecule has 3 heteroatoms. The summed E-state index contributed by atoms with van der Waals surface area (Å²) in [5.41, 5.74) is 2.52. The molecular weight excluding hydrogens is 290 g/mol. The molecule has 18 heavy (non-hydrogen) atoms. The number of hydrogen-bond acceptors (Lipinski definition) is 2. The van der Waals surface area contributed by atoms with E-state index < -0.39 is 0 Å². The smallest absolute Gasteiger partial charge is 0.122 e. The van der Waals surface area contributed by atoms with Gasteiger partial charge in [0.15, 0.2) is 0 Å². The van der Waals surface area contributed by atoms with E-state index >= 15 is 0 Å². The maximum absolute atomic E-state index is 5.46.